The van der Waals surface area contributed by atoms with Gasteiger partial charge < -0.3 is 9.64 Å². The van der Waals surface area contributed by atoms with Crippen LogP contribution in [-0.4, -0.2) is 41.4 Å². The molecule has 114 valence electrons. The lowest BCUT2D eigenvalue weighted by molar-refractivity contribution is -0.111. The van der Waals surface area contributed by atoms with E-state index in [0.29, 0.717) is 0 Å². The fourth-order valence-electron chi connectivity index (χ4n) is 3.22. The number of rotatable bonds is 2. The van der Waals surface area contributed by atoms with Crippen LogP contribution in [-0.2, 0) is 9.53 Å². The largest absolute Gasteiger partial charge is 0.378 e. The fraction of sp³-hybridized carbons (Fsp3) is 0.375. The molecule has 3 aliphatic rings. The maximum Gasteiger partial charge on any atom is 0.184 e. The van der Waals surface area contributed by atoms with Crippen molar-refractivity contribution in [2.75, 3.05) is 26.3 Å². The number of ketones is 1. The second-order valence-electron chi connectivity index (χ2n) is 5.56. The topological polar surface area (TPSA) is 42.4 Å². The van der Waals surface area contributed by atoms with Gasteiger partial charge in [0.25, 0.3) is 0 Å². The van der Waals surface area contributed by atoms with Gasteiger partial charge in [-0.15, -0.1) is 0 Å². The van der Waals surface area contributed by atoms with Crippen molar-refractivity contribution in [1.29, 1.82) is 0 Å². The summed E-state index contributed by atoms with van der Waals surface area (Å²) in [5.41, 5.74) is 4.43. The van der Waals surface area contributed by atoms with Gasteiger partial charge >= 0.3 is 0 Å². The molecule has 0 atom stereocenters. The molecule has 0 amide bonds. The number of carbonyl (C=O) groups is 1. The molecule has 2 aliphatic carbocycles. The standard InChI is InChI=1S/C16H15BrN2O2S/c17-14-9-18-22-16(14)12-2-1-11-13(12)7-10(8-15(11)20)19-3-5-21-6-4-19/h2,8-9H,1,3-7H2. The predicted molar refractivity (Wildman–Crippen MR) is 89.5 cm³/mol. The molecule has 0 aromatic carbocycles. The molecule has 0 bridgehead atoms. The molecule has 22 heavy (non-hydrogen) atoms. The first-order chi connectivity index (χ1) is 10.7. The van der Waals surface area contributed by atoms with E-state index in [9.17, 15) is 4.79 Å². The molecule has 0 N–H and O–H groups in total. The molecule has 0 unspecified atom stereocenters. The number of ether oxygens (including phenoxy) is 1. The Kier molecular flexibility index (Phi) is 3.76. The van der Waals surface area contributed by atoms with Gasteiger partial charge in [0.15, 0.2) is 5.78 Å². The van der Waals surface area contributed by atoms with Crippen LogP contribution >= 0.6 is 27.5 Å². The summed E-state index contributed by atoms with van der Waals surface area (Å²) in [7, 11) is 0. The zero-order chi connectivity index (χ0) is 15.1. The maximum atomic E-state index is 12.5. The Morgan fingerprint density at radius 1 is 1.27 bits per heavy atom. The van der Waals surface area contributed by atoms with Crippen LogP contribution in [0.4, 0.5) is 0 Å². The minimum absolute atomic E-state index is 0.162. The Labute approximate surface area is 141 Å². The monoisotopic (exact) mass is 378 g/mol. The smallest absolute Gasteiger partial charge is 0.184 e. The van der Waals surface area contributed by atoms with Gasteiger partial charge in [0, 0.05) is 36.9 Å². The van der Waals surface area contributed by atoms with Crippen LogP contribution in [0.25, 0.3) is 5.57 Å². The molecule has 1 aromatic rings. The average molecular weight is 379 g/mol. The molecule has 0 spiro atoms. The van der Waals surface area contributed by atoms with Crippen LogP contribution in [0.1, 0.15) is 17.7 Å². The lowest BCUT2D eigenvalue weighted by atomic mass is 9.91. The van der Waals surface area contributed by atoms with E-state index in [-0.39, 0.29) is 5.78 Å². The first-order valence-corrected chi connectivity index (χ1v) is 8.91. The molecule has 4 rings (SSSR count). The van der Waals surface area contributed by atoms with Gasteiger partial charge in [-0.25, -0.2) is 0 Å². The first kappa shape index (κ1) is 14.4. The number of aromatic nitrogens is 1. The highest BCUT2D eigenvalue weighted by Gasteiger charge is 2.30. The van der Waals surface area contributed by atoms with Gasteiger partial charge in [0.1, 0.15) is 0 Å². The normalized spacial score (nSPS) is 21.9. The van der Waals surface area contributed by atoms with Gasteiger partial charge in [0.2, 0.25) is 0 Å². The van der Waals surface area contributed by atoms with Crippen molar-refractivity contribution >= 4 is 38.8 Å². The molecule has 0 radical (unpaired) electrons. The minimum Gasteiger partial charge on any atom is -0.378 e. The van der Waals surface area contributed by atoms with E-state index in [2.05, 4.69) is 31.3 Å². The number of morpholine rings is 1. The molecule has 6 heteroatoms. The number of carbonyl (C=O) groups excluding carboxylic acids is 1. The summed E-state index contributed by atoms with van der Waals surface area (Å²) in [4.78, 5) is 15.9. The molecule has 0 saturated carbocycles. The Bertz CT molecular complexity index is 726. The van der Waals surface area contributed by atoms with Crippen LogP contribution in [0.2, 0.25) is 0 Å². The summed E-state index contributed by atoms with van der Waals surface area (Å²) < 4.78 is 10.7. The number of hydrogen-bond donors (Lipinski definition) is 0. The Balaban J connectivity index is 1.64. The molecule has 4 nitrogen and oxygen atoms in total. The van der Waals surface area contributed by atoms with Crippen LogP contribution in [0.5, 0.6) is 0 Å². The highest BCUT2D eigenvalue weighted by atomic mass is 79.9. The van der Waals surface area contributed by atoms with Crippen LogP contribution in [0, 0.1) is 0 Å². The van der Waals surface area contributed by atoms with Crippen LogP contribution in [0.15, 0.2) is 39.7 Å². The number of nitrogens with zero attached hydrogens (tertiary/aromatic N) is 2. The highest BCUT2D eigenvalue weighted by molar-refractivity contribution is 9.10. The Hall–Kier alpha value is -1.24. The molecular weight excluding hydrogens is 364 g/mol. The van der Waals surface area contributed by atoms with Gasteiger partial charge in [-0.3, -0.25) is 4.79 Å². The van der Waals surface area contributed by atoms with Crippen molar-refractivity contribution in [3.8, 4) is 0 Å². The van der Waals surface area contributed by atoms with Gasteiger partial charge in [-0.2, -0.15) is 4.37 Å². The van der Waals surface area contributed by atoms with E-state index in [1.807, 2.05) is 12.3 Å². The summed E-state index contributed by atoms with van der Waals surface area (Å²) in [5.74, 6) is 0.162. The van der Waals surface area contributed by atoms with Crippen molar-refractivity contribution in [3.63, 3.8) is 0 Å². The lowest BCUT2D eigenvalue weighted by Crippen LogP contribution is -2.36. The fourth-order valence-corrected chi connectivity index (χ4v) is 4.60. The van der Waals surface area contributed by atoms with E-state index in [4.69, 9.17) is 4.74 Å². The van der Waals surface area contributed by atoms with Crippen LogP contribution < -0.4 is 0 Å². The van der Waals surface area contributed by atoms with Crippen molar-refractivity contribution in [2.45, 2.75) is 12.8 Å². The van der Waals surface area contributed by atoms with E-state index in [1.54, 1.807) is 0 Å². The summed E-state index contributed by atoms with van der Waals surface area (Å²) in [5, 5.41) is 0. The van der Waals surface area contributed by atoms with E-state index >= 15 is 0 Å². The van der Waals surface area contributed by atoms with Crippen molar-refractivity contribution in [3.05, 3.63) is 44.5 Å². The molecule has 1 aliphatic heterocycles. The second kappa shape index (κ2) is 5.76. The van der Waals surface area contributed by atoms with Gasteiger partial charge in [-0.05, 0) is 45.0 Å². The SMILES string of the molecule is O=C1C=C(N2CCOCC2)CC2=C1CC=C2c1sncc1Br. The molecular formula is C16H15BrN2O2S. The third kappa shape index (κ3) is 2.39. The van der Waals surface area contributed by atoms with Crippen LogP contribution in [0.3, 0.4) is 0 Å². The third-order valence-electron chi connectivity index (χ3n) is 4.34. The summed E-state index contributed by atoms with van der Waals surface area (Å²) in [6, 6.07) is 0. The first-order valence-electron chi connectivity index (χ1n) is 7.35. The average Bonchev–Trinajstić information content (AvgIpc) is 3.14. The number of hydrogen-bond acceptors (Lipinski definition) is 5. The third-order valence-corrected chi connectivity index (χ3v) is 6.04. The van der Waals surface area contributed by atoms with Crippen molar-refractivity contribution in [1.82, 2.24) is 9.27 Å². The molecule has 1 saturated heterocycles. The summed E-state index contributed by atoms with van der Waals surface area (Å²) >= 11 is 5.03. The number of halogens is 1. The van der Waals surface area contributed by atoms with Crippen molar-refractivity contribution < 1.29 is 9.53 Å². The molecule has 2 heterocycles. The maximum absolute atomic E-state index is 12.5. The molecule has 1 aromatic heterocycles. The minimum atomic E-state index is 0.162. The number of allylic oxidation sites excluding steroid dienone is 5. The summed E-state index contributed by atoms with van der Waals surface area (Å²) in [6.45, 7) is 3.21. The molecule has 1 fully saturated rings. The van der Waals surface area contributed by atoms with Crippen molar-refractivity contribution in [2.24, 2.45) is 0 Å². The quantitative estimate of drug-likeness (QED) is 0.792. The lowest BCUT2D eigenvalue weighted by Gasteiger charge is -2.33. The highest BCUT2D eigenvalue weighted by Crippen LogP contribution is 2.44. The van der Waals surface area contributed by atoms with E-state index in [1.165, 1.54) is 22.7 Å². The second-order valence-corrected chi connectivity index (χ2v) is 7.21. The summed E-state index contributed by atoms with van der Waals surface area (Å²) in [6.07, 6.45) is 7.38. The van der Waals surface area contributed by atoms with Gasteiger partial charge in [-0.1, -0.05) is 6.08 Å². The zero-order valence-electron chi connectivity index (χ0n) is 12.0. The van der Waals surface area contributed by atoms with E-state index < -0.39 is 0 Å². The predicted octanol–water partition coefficient (Wildman–Crippen LogP) is 3.18. The van der Waals surface area contributed by atoms with Gasteiger partial charge in [0.05, 0.1) is 28.8 Å². The zero-order valence-corrected chi connectivity index (χ0v) is 14.4. The Morgan fingerprint density at radius 3 is 2.82 bits per heavy atom. The van der Waals surface area contributed by atoms with E-state index in [0.717, 1.165) is 59.8 Å². The Morgan fingerprint density at radius 2 is 2.09 bits per heavy atom.